The lowest BCUT2D eigenvalue weighted by atomic mass is 10.1. The molecule has 2 aromatic carbocycles. The molecule has 1 aromatic heterocycles. The van der Waals surface area contributed by atoms with Gasteiger partial charge in [-0.15, -0.1) is 10.2 Å². The number of sulfonamides is 1. The van der Waals surface area contributed by atoms with Crippen LogP contribution in [0.1, 0.15) is 58.6 Å². The minimum Gasteiger partial charge on any atom is -0.319 e. The minimum absolute atomic E-state index is 0.0129. The molecule has 1 N–H and O–H groups in total. The Morgan fingerprint density at radius 1 is 1.06 bits per heavy atom. The molecule has 0 unspecified atom stereocenters. The smallest absolute Gasteiger partial charge is 0.269 e. The third-order valence-electron chi connectivity index (χ3n) is 6.67. The number of halogens is 1. The fraction of sp³-hybridized carbons (Fsp3) is 0.333. The lowest BCUT2D eigenvalue weighted by Gasteiger charge is -2.13. The largest absolute Gasteiger partial charge is 0.319 e. The van der Waals surface area contributed by atoms with E-state index >= 15 is 0 Å². The van der Waals surface area contributed by atoms with Gasteiger partial charge in [-0.25, -0.2) is 17.1 Å². The molecule has 0 saturated heterocycles. The molecule has 3 aromatic rings. The third-order valence-corrected chi connectivity index (χ3v) is 8.55. The van der Waals surface area contributed by atoms with Crippen LogP contribution in [0.15, 0.2) is 41.3 Å². The van der Waals surface area contributed by atoms with Crippen LogP contribution >= 0.6 is 0 Å². The number of carbonyl (C=O) groups is 2. The number of aromatic nitrogens is 3. The molecular weight excluding hydrogens is 473 g/mol. The van der Waals surface area contributed by atoms with E-state index < -0.39 is 27.7 Å². The van der Waals surface area contributed by atoms with Gasteiger partial charge < -0.3 is 9.88 Å². The molecule has 1 saturated carbocycles. The van der Waals surface area contributed by atoms with Crippen LogP contribution in [0.3, 0.4) is 0 Å². The highest BCUT2D eigenvalue weighted by Gasteiger charge is 2.48. The molecule has 3 heterocycles. The van der Waals surface area contributed by atoms with E-state index in [1.807, 2.05) is 4.57 Å². The summed E-state index contributed by atoms with van der Waals surface area (Å²) in [5, 5.41) is 11.1. The number of fused-ring (bicyclic) bond motifs is 2. The SMILES string of the molecule is O=C(Nc1cc(-c2nnc3n2CCCCC3)ccc1F)c1ccc2c(c1)S(=O)(=O)N(C1CC1)C2=O. The molecule has 0 bridgehead atoms. The average Bonchev–Trinajstić information content (AvgIpc) is 3.60. The van der Waals surface area contributed by atoms with Gasteiger partial charge in [0.15, 0.2) is 5.82 Å². The van der Waals surface area contributed by atoms with Gasteiger partial charge in [0.1, 0.15) is 16.5 Å². The number of anilines is 1. The van der Waals surface area contributed by atoms with E-state index in [-0.39, 0.29) is 27.8 Å². The first-order valence-electron chi connectivity index (χ1n) is 11.6. The van der Waals surface area contributed by atoms with Gasteiger partial charge in [-0.3, -0.25) is 9.59 Å². The second-order valence-corrected chi connectivity index (χ2v) is 10.9. The maximum absolute atomic E-state index is 14.6. The number of hydrogen-bond donors (Lipinski definition) is 1. The van der Waals surface area contributed by atoms with Gasteiger partial charge in [0.2, 0.25) is 0 Å². The van der Waals surface area contributed by atoms with Crippen LogP contribution in [-0.2, 0) is 23.0 Å². The van der Waals surface area contributed by atoms with E-state index in [2.05, 4.69) is 15.5 Å². The van der Waals surface area contributed by atoms with E-state index in [1.54, 1.807) is 6.07 Å². The zero-order chi connectivity index (χ0) is 24.3. The van der Waals surface area contributed by atoms with Crippen molar-refractivity contribution in [2.45, 2.75) is 56.0 Å². The number of nitrogens with one attached hydrogen (secondary N) is 1. The van der Waals surface area contributed by atoms with Gasteiger partial charge >= 0.3 is 0 Å². The molecule has 0 spiro atoms. The molecular formula is C24H22FN5O4S. The van der Waals surface area contributed by atoms with E-state index in [4.69, 9.17) is 0 Å². The van der Waals surface area contributed by atoms with Gasteiger partial charge in [0.05, 0.1) is 11.3 Å². The van der Waals surface area contributed by atoms with Crippen LogP contribution in [0.2, 0.25) is 0 Å². The maximum atomic E-state index is 14.6. The van der Waals surface area contributed by atoms with Crippen molar-refractivity contribution in [3.05, 3.63) is 59.2 Å². The van der Waals surface area contributed by atoms with Gasteiger partial charge in [0, 0.05) is 30.1 Å². The minimum atomic E-state index is -4.01. The Bertz CT molecular complexity index is 1500. The van der Waals surface area contributed by atoms with Crippen molar-refractivity contribution >= 4 is 27.5 Å². The fourth-order valence-corrected chi connectivity index (χ4v) is 6.55. The monoisotopic (exact) mass is 495 g/mol. The Hall–Kier alpha value is -3.60. The van der Waals surface area contributed by atoms with Crippen LogP contribution in [-0.4, -0.2) is 45.3 Å². The molecule has 1 fully saturated rings. The summed E-state index contributed by atoms with van der Waals surface area (Å²) in [6, 6.07) is 7.91. The normalized spacial score (nSPS) is 18.7. The predicted octanol–water partition coefficient (Wildman–Crippen LogP) is 3.37. The summed E-state index contributed by atoms with van der Waals surface area (Å²) in [6.07, 6.45) is 5.26. The Labute approximate surface area is 201 Å². The van der Waals surface area contributed by atoms with Gasteiger partial charge in [0.25, 0.3) is 21.8 Å². The summed E-state index contributed by atoms with van der Waals surface area (Å²) in [7, 11) is -4.01. The molecule has 0 radical (unpaired) electrons. The van der Waals surface area contributed by atoms with E-state index in [1.165, 1.54) is 30.3 Å². The number of benzene rings is 2. The zero-order valence-electron chi connectivity index (χ0n) is 18.7. The predicted molar refractivity (Wildman–Crippen MR) is 124 cm³/mol. The maximum Gasteiger partial charge on any atom is 0.269 e. The molecule has 35 heavy (non-hydrogen) atoms. The second kappa shape index (κ2) is 7.98. The molecule has 9 nitrogen and oxygen atoms in total. The highest BCUT2D eigenvalue weighted by Crippen LogP contribution is 2.39. The number of hydrogen-bond acceptors (Lipinski definition) is 6. The van der Waals surface area contributed by atoms with Crippen molar-refractivity contribution in [1.29, 1.82) is 0 Å². The van der Waals surface area contributed by atoms with Crippen LogP contribution in [0.4, 0.5) is 10.1 Å². The Balaban J connectivity index is 1.30. The van der Waals surface area contributed by atoms with Crippen LogP contribution in [0.5, 0.6) is 0 Å². The van der Waals surface area contributed by atoms with Crippen molar-refractivity contribution in [1.82, 2.24) is 19.1 Å². The highest BCUT2D eigenvalue weighted by atomic mass is 32.2. The Morgan fingerprint density at radius 2 is 1.89 bits per heavy atom. The van der Waals surface area contributed by atoms with E-state index in [0.29, 0.717) is 24.2 Å². The lowest BCUT2D eigenvalue weighted by Crippen LogP contribution is -2.31. The molecule has 0 atom stereocenters. The van der Waals surface area contributed by atoms with Gasteiger partial charge in [-0.1, -0.05) is 6.42 Å². The van der Waals surface area contributed by atoms with E-state index in [9.17, 15) is 22.4 Å². The number of rotatable bonds is 4. The number of aryl methyl sites for hydroxylation is 1. The first-order chi connectivity index (χ1) is 16.8. The topological polar surface area (TPSA) is 114 Å². The Kier molecular flexibility index (Phi) is 4.99. The summed E-state index contributed by atoms with van der Waals surface area (Å²) < 4.78 is 43.3. The summed E-state index contributed by atoms with van der Waals surface area (Å²) in [5.74, 6) is -0.389. The third kappa shape index (κ3) is 3.61. The van der Waals surface area contributed by atoms with Crippen molar-refractivity contribution in [3.63, 3.8) is 0 Å². The molecule has 11 heteroatoms. The van der Waals surface area contributed by atoms with Gasteiger partial charge in [-0.2, -0.15) is 0 Å². The fourth-order valence-electron chi connectivity index (χ4n) is 4.71. The first-order valence-corrected chi connectivity index (χ1v) is 13.0. The Morgan fingerprint density at radius 3 is 2.69 bits per heavy atom. The van der Waals surface area contributed by atoms with Crippen molar-refractivity contribution in [3.8, 4) is 11.4 Å². The number of carbonyl (C=O) groups excluding carboxylic acids is 2. The molecule has 6 rings (SSSR count). The van der Waals surface area contributed by atoms with Gasteiger partial charge in [-0.05, 0) is 62.1 Å². The molecule has 3 aliphatic rings. The van der Waals surface area contributed by atoms with E-state index in [0.717, 1.165) is 42.4 Å². The highest BCUT2D eigenvalue weighted by molar-refractivity contribution is 7.90. The number of amides is 2. The van der Waals surface area contributed by atoms with Crippen molar-refractivity contribution in [2.24, 2.45) is 0 Å². The van der Waals surface area contributed by atoms with Crippen molar-refractivity contribution in [2.75, 3.05) is 5.32 Å². The second-order valence-electron chi connectivity index (χ2n) is 9.10. The summed E-state index contributed by atoms with van der Waals surface area (Å²) in [5.41, 5.74) is 0.620. The molecule has 1 aliphatic carbocycles. The standard InChI is InChI=1S/C24H22FN5O4S/c25-18-10-6-14(22-28-27-21-4-2-1-3-11-29(21)22)12-19(18)26-23(31)15-5-9-17-20(13-15)35(33,34)30(24(17)32)16-7-8-16/h5-6,9-10,12-13,16H,1-4,7-8,11H2,(H,26,31). The first kappa shape index (κ1) is 21.9. The van der Waals surface area contributed by atoms with Crippen LogP contribution in [0, 0.1) is 5.82 Å². The molecule has 2 amide bonds. The average molecular weight is 496 g/mol. The molecule has 180 valence electrons. The van der Waals surface area contributed by atoms with Crippen LogP contribution in [0.25, 0.3) is 11.4 Å². The molecule has 2 aliphatic heterocycles. The number of nitrogens with zero attached hydrogens (tertiary/aromatic N) is 4. The zero-order valence-corrected chi connectivity index (χ0v) is 19.5. The quantitative estimate of drug-likeness (QED) is 0.594. The summed E-state index contributed by atoms with van der Waals surface area (Å²) >= 11 is 0. The summed E-state index contributed by atoms with van der Waals surface area (Å²) in [4.78, 5) is 25.3. The lowest BCUT2D eigenvalue weighted by molar-refractivity contribution is 0.0864. The summed E-state index contributed by atoms with van der Waals surface area (Å²) in [6.45, 7) is 0.775. The van der Waals surface area contributed by atoms with Crippen molar-refractivity contribution < 1.29 is 22.4 Å². The van der Waals surface area contributed by atoms with Crippen LogP contribution < -0.4 is 5.32 Å².